The normalized spacial score (nSPS) is 10.5. The molecule has 0 unspecified atom stereocenters. The molecule has 0 radical (unpaired) electrons. The van der Waals surface area contributed by atoms with Crippen LogP contribution in [-0.2, 0) is 14.3 Å². The molecule has 0 aliphatic carbocycles. The number of hydrogen-bond acceptors (Lipinski definition) is 7. The topological polar surface area (TPSA) is 78.4 Å². The van der Waals surface area contributed by atoms with Crippen LogP contribution in [0.25, 0.3) is 22.4 Å². The molecule has 3 aromatic rings. The van der Waals surface area contributed by atoms with Crippen molar-refractivity contribution < 1.29 is 19.1 Å². The van der Waals surface area contributed by atoms with Crippen LogP contribution in [0.15, 0.2) is 65.7 Å². The average Bonchev–Trinajstić information content (AvgIpc) is 2.78. The van der Waals surface area contributed by atoms with Crippen LogP contribution in [0.4, 0.5) is 0 Å². The molecule has 1 aromatic heterocycles. The summed E-state index contributed by atoms with van der Waals surface area (Å²) in [6.45, 7) is 4.00. The number of aromatic nitrogens is 2. The molecule has 3 rings (SSSR count). The van der Waals surface area contributed by atoms with Crippen LogP contribution in [0.2, 0.25) is 0 Å². The number of ether oxygens (including phenoxy) is 2. The van der Waals surface area contributed by atoms with Gasteiger partial charge in [-0.2, -0.15) is 0 Å². The Morgan fingerprint density at radius 1 is 0.833 bits per heavy atom. The maximum absolute atomic E-state index is 13.0. The van der Waals surface area contributed by atoms with E-state index in [0.717, 1.165) is 22.9 Å². The number of thioether (sulfide) groups is 1. The summed E-state index contributed by atoms with van der Waals surface area (Å²) in [5.74, 6) is -0.865. The summed E-state index contributed by atoms with van der Waals surface area (Å²) >= 11 is 1.11. The van der Waals surface area contributed by atoms with E-state index in [2.05, 4.69) is 10.2 Å². The lowest BCUT2D eigenvalue weighted by Crippen LogP contribution is -2.13. The average molecular weight is 423 g/mol. The van der Waals surface area contributed by atoms with Crippen LogP contribution >= 0.6 is 11.8 Å². The standard InChI is InChI=1S/C23H22N2O4S/c1-3-28-18(26)15-30-22-20(23(27)29-4-2)19(16-11-7-5-8-12-16)21(24-25-22)17-13-9-6-10-14-17/h5-14H,3-4,15H2,1-2H3. The number of esters is 2. The molecule has 0 bridgehead atoms. The van der Waals surface area contributed by atoms with Crippen LogP contribution in [0.1, 0.15) is 24.2 Å². The van der Waals surface area contributed by atoms with Crippen LogP contribution in [0, 0.1) is 0 Å². The van der Waals surface area contributed by atoms with Gasteiger partial charge < -0.3 is 9.47 Å². The van der Waals surface area contributed by atoms with Crippen molar-refractivity contribution in [2.45, 2.75) is 18.9 Å². The van der Waals surface area contributed by atoms with Gasteiger partial charge in [0.05, 0.1) is 19.0 Å². The summed E-state index contributed by atoms with van der Waals surface area (Å²) in [5.41, 5.74) is 3.14. The lowest BCUT2D eigenvalue weighted by Gasteiger charge is -2.16. The summed E-state index contributed by atoms with van der Waals surface area (Å²) in [5, 5.41) is 9.04. The monoisotopic (exact) mass is 422 g/mol. The van der Waals surface area contributed by atoms with Crippen molar-refractivity contribution >= 4 is 23.7 Å². The summed E-state index contributed by atoms with van der Waals surface area (Å²) in [7, 11) is 0. The van der Waals surface area contributed by atoms with Gasteiger partial charge in [-0.05, 0) is 19.4 Å². The molecule has 7 heteroatoms. The Kier molecular flexibility index (Phi) is 7.57. The van der Waals surface area contributed by atoms with Gasteiger partial charge in [-0.1, -0.05) is 72.4 Å². The predicted molar refractivity (Wildman–Crippen MR) is 116 cm³/mol. The fourth-order valence-corrected chi connectivity index (χ4v) is 3.69. The first-order valence-electron chi connectivity index (χ1n) is 9.62. The smallest absolute Gasteiger partial charge is 0.341 e. The molecule has 0 saturated heterocycles. The maximum Gasteiger partial charge on any atom is 0.341 e. The Morgan fingerprint density at radius 2 is 1.43 bits per heavy atom. The third-order valence-electron chi connectivity index (χ3n) is 4.16. The van der Waals surface area contributed by atoms with Gasteiger partial charge >= 0.3 is 11.9 Å². The molecular weight excluding hydrogens is 400 g/mol. The molecule has 0 N–H and O–H groups in total. The lowest BCUT2D eigenvalue weighted by atomic mass is 9.96. The number of hydrogen-bond donors (Lipinski definition) is 0. The molecule has 0 amide bonds. The maximum atomic E-state index is 13.0. The highest BCUT2D eigenvalue weighted by Crippen LogP contribution is 2.37. The Labute approximate surface area is 179 Å². The largest absolute Gasteiger partial charge is 0.465 e. The van der Waals surface area contributed by atoms with E-state index in [4.69, 9.17) is 9.47 Å². The number of rotatable bonds is 8. The summed E-state index contributed by atoms with van der Waals surface area (Å²) in [4.78, 5) is 24.9. The van der Waals surface area contributed by atoms with E-state index in [9.17, 15) is 9.59 Å². The van der Waals surface area contributed by atoms with E-state index >= 15 is 0 Å². The zero-order valence-corrected chi connectivity index (χ0v) is 17.6. The quantitative estimate of drug-likeness (QED) is 0.386. The molecule has 0 atom stereocenters. The first-order valence-corrected chi connectivity index (χ1v) is 10.6. The van der Waals surface area contributed by atoms with Crippen molar-refractivity contribution in [3.63, 3.8) is 0 Å². The Morgan fingerprint density at radius 3 is 2.03 bits per heavy atom. The second-order valence-corrected chi connectivity index (χ2v) is 7.11. The Hall–Kier alpha value is -3.19. The highest BCUT2D eigenvalue weighted by atomic mass is 32.2. The fraction of sp³-hybridized carbons (Fsp3) is 0.217. The zero-order chi connectivity index (χ0) is 21.3. The first kappa shape index (κ1) is 21.5. The molecule has 30 heavy (non-hydrogen) atoms. The summed E-state index contributed by atoms with van der Waals surface area (Å²) < 4.78 is 10.3. The number of carbonyl (C=O) groups excluding carboxylic acids is 2. The molecule has 6 nitrogen and oxygen atoms in total. The molecule has 2 aromatic carbocycles. The van der Waals surface area contributed by atoms with Crippen LogP contribution < -0.4 is 0 Å². The van der Waals surface area contributed by atoms with Gasteiger partial charge in [0.25, 0.3) is 0 Å². The van der Waals surface area contributed by atoms with Crippen molar-refractivity contribution in [1.29, 1.82) is 0 Å². The third-order valence-corrected chi connectivity index (χ3v) is 5.10. The van der Waals surface area contributed by atoms with Gasteiger partial charge in [0.2, 0.25) is 0 Å². The van der Waals surface area contributed by atoms with Gasteiger partial charge in [0.15, 0.2) is 0 Å². The molecule has 1 heterocycles. The van der Waals surface area contributed by atoms with Crippen LogP contribution in [0.3, 0.4) is 0 Å². The van der Waals surface area contributed by atoms with Gasteiger partial charge in [0, 0.05) is 11.1 Å². The highest BCUT2D eigenvalue weighted by Gasteiger charge is 2.26. The van der Waals surface area contributed by atoms with Crippen LogP contribution in [0.5, 0.6) is 0 Å². The van der Waals surface area contributed by atoms with Crippen molar-refractivity contribution in [3.05, 3.63) is 66.2 Å². The third kappa shape index (κ3) is 5.04. The predicted octanol–water partition coefficient (Wildman–Crippen LogP) is 4.64. The Balaban J connectivity index is 2.20. The van der Waals surface area contributed by atoms with E-state index in [0.29, 0.717) is 21.8 Å². The number of nitrogens with zero attached hydrogens (tertiary/aromatic N) is 2. The van der Waals surface area contributed by atoms with E-state index in [1.54, 1.807) is 13.8 Å². The van der Waals surface area contributed by atoms with E-state index in [1.807, 2.05) is 60.7 Å². The minimum absolute atomic E-state index is 0.0217. The van der Waals surface area contributed by atoms with Crippen LogP contribution in [-0.4, -0.2) is 41.1 Å². The molecular formula is C23H22N2O4S. The lowest BCUT2D eigenvalue weighted by molar-refractivity contribution is -0.139. The fourth-order valence-electron chi connectivity index (χ4n) is 2.93. The number of carbonyl (C=O) groups is 2. The summed E-state index contributed by atoms with van der Waals surface area (Å²) in [6, 6.07) is 19.1. The molecule has 0 aliphatic heterocycles. The Bertz CT molecular complexity index is 1010. The van der Waals surface area contributed by atoms with E-state index in [-0.39, 0.29) is 24.9 Å². The first-order chi connectivity index (χ1) is 14.7. The zero-order valence-electron chi connectivity index (χ0n) is 16.8. The van der Waals surface area contributed by atoms with Gasteiger partial charge in [-0.3, -0.25) is 4.79 Å². The molecule has 0 fully saturated rings. The van der Waals surface area contributed by atoms with E-state index < -0.39 is 5.97 Å². The van der Waals surface area contributed by atoms with Crippen molar-refractivity contribution in [1.82, 2.24) is 10.2 Å². The molecule has 0 saturated carbocycles. The SMILES string of the molecule is CCOC(=O)CSc1nnc(-c2ccccc2)c(-c2ccccc2)c1C(=O)OCC. The van der Waals surface area contributed by atoms with Crippen molar-refractivity contribution in [2.24, 2.45) is 0 Å². The van der Waals surface area contributed by atoms with Gasteiger partial charge in [-0.15, -0.1) is 10.2 Å². The van der Waals surface area contributed by atoms with Crippen molar-refractivity contribution in [2.75, 3.05) is 19.0 Å². The van der Waals surface area contributed by atoms with E-state index in [1.165, 1.54) is 0 Å². The van der Waals surface area contributed by atoms with Crippen molar-refractivity contribution in [3.8, 4) is 22.4 Å². The summed E-state index contributed by atoms with van der Waals surface area (Å²) in [6.07, 6.45) is 0. The van der Waals surface area contributed by atoms with Gasteiger partial charge in [0.1, 0.15) is 16.3 Å². The molecule has 0 spiro atoms. The minimum atomic E-state index is -0.505. The highest BCUT2D eigenvalue weighted by molar-refractivity contribution is 8.00. The second-order valence-electron chi connectivity index (χ2n) is 6.15. The molecule has 0 aliphatic rings. The number of benzene rings is 2. The second kappa shape index (κ2) is 10.5. The van der Waals surface area contributed by atoms with Gasteiger partial charge in [-0.25, -0.2) is 4.79 Å². The molecule has 154 valence electrons. The minimum Gasteiger partial charge on any atom is -0.465 e.